The molecule has 0 aliphatic carbocycles. The third-order valence-electron chi connectivity index (χ3n) is 1.93. The molecule has 1 aromatic carbocycles. The van der Waals surface area contributed by atoms with Crippen LogP contribution in [0.25, 0.3) is 0 Å². The third-order valence-corrected chi connectivity index (χ3v) is 5.42. The molecule has 0 saturated carbocycles. The number of carboxylic acid groups (broad SMARTS) is 1. The second kappa shape index (κ2) is 5.05. The summed E-state index contributed by atoms with van der Waals surface area (Å²) in [6.07, 6.45) is 0.781. The quantitative estimate of drug-likeness (QED) is 0.634. The maximum atomic E-state index is 11.5. The highest BCUT2D eigenvalue weighted by molar-refractivity contribution is 8.08. The van der Waals surface area contributed by atoms with Gasteiger partial charge >= 0.3 is 5.97 Å². The van der Waals surface area contributed by atoms with Crippen LogP contribution in [-0.4, -0.2) is 39.3 Å². The Balaban J connectivity index is 3.04. The summed E-state index contributed by atoms with van der Waals surface area (Å²) in [6.45, 7) is 0. The molecule has 0 fully saturated rings. The Kier molecular flexibility index (Phi) is 4.06. The van der Waals surface area contributed by atoms with E-state index < -0.39 is 30.9 Å². The van der Waals surface area contributed by atoms with Crippen LogP contribution in [0.4, 0.5) is 11.4 Å². The first-order valence-electron chi connectivity index (χ1n) is 4.81. The zero-order valence-electron chi connectivity index (χ0n) is 9.82. The molecule has 0 radical (unpaired) electrons. The number of sulfone groups is 1. The SMILES string of the molecule is CS(=O)(=O)CS(=O)(=O)Nc1ccc(C(=O)O)cc1N. The zero-order chi connectivity index (χ0) is 14.8. The molecule has 4 N–H and O–H groups in total. The molecule has 0 aliphatic rings. The van der Waals surface area contributed by atoms with Crippen LogP contribution in [-0.2, 0) is 19.9 Å². The topological polar surface area (TPSA) is 144 Å². The molecule has 0 bridgehead atoms. The summed E-state index contributed by atoms with van der Waals surface area (Å²) in [4.78, 5) is 10.7. The number of nitrogens with two attached hydrogens (primary N) is 1. The molecule has 0 saturated heterocycles. The number of aromatic carboxylic acids is 1. The monoisotopic (exact) mass is 308 g/mol. The van der Waals surface area contributed by atoms with Crippen molar-refractivity contribution in [2.75, 3.05) is 21.8 Å². The Morgan fingerprint density at radius 2 is 1.89 bits per heavy atom. The van der Waals surface area contributed by atoms with Gasteiger partial charge in [0.05, 0.1) is 16.9 Å². The second-order valence-electron chi connectivity index (χ2n) is 3.87. The van der Waals surface area contributed by atoms with Gasteiger partial charge in [0, 0.05) is 6.26 Å². The molecular weight excluding hydrogens is 296 g/mol. The first kappa shape index (κ1) is 15.2. The zero-order valence-corrected chi connectivity index (χ0v) is 11.5. The smallest absolute Gasteiger partial charge is 0.335 e. The highest BCUT2D eigenvalue weighted by atomic mass is 32.3. The maximum absolute atomic E-state index is 11.5. The minimum absolute atomic E-state index is 0.0753. The molecule has 0 spiro atoms. The van der Waals surface area contributed by atoms with Crippen LogP contribution < -0.4 is 10.5 Å². The molecule has 1 aromatic rings. The van der Waals surface area contributed by atoms with Gasteiger partial charge in [-0.25, -0.2) is 21.6 Å². The third kappa shape index (κ3) is 4.75. The number of carbonyl (C=O) groups is 1. The summed E-state index contributed by atoms with van der Waals surface area (Å²) < 4.78 is 46.9. The number of carboxylic acids is 1. The van der Waals surface area contributed by atoms with E-state index in [1.807, 2.05) is 4.72 Å². The number of nitrogen functional groups attached to an aromatic ring is 1. The Morgan fingerprint density at radius 1 is 1.32 bits per heavy atom. The summed E-state index contributed by atoms with van der Waals surface area (Å²) in [6, 6.07) is 3.37. The van der Waals surface area contributed by atoms with Crippen molar-refractivity contribution >= 4 is 37.2 Å². The fraction of sp³-hybridized carbons (Fsp3) is 0.222. The Morgan fingerprint density at radius 3 is 2.32 bits per heavy atom. The van der Waals surface area contributed by atoms with E-state index in [4.69, 9.17) is 10.8 Å². The van der Waals surface area contributed by atoms with Crippen molar-refractivity contribution < 1.29 is 26.7 Å². The second-order valence-corrected chi connectivity index (χ2v) is 8.10. The fourth-order valence-electron chi connectivity index (χ4n) is 1.27. The number of anilines is 2. The lowest BCUT2D eigenvalue weighted by atomic mass is 10.2. The van der Waals surface area contributed by atoms with Crippen molar-refractivity contribution in [1.82, 2.24) is 0 Å². The van der Waals surface area contributed by atoms with Crippen LogP contribution in [0.3, 0.4) is 0 Å². The average Bonchev–Trinajstić information content (AvgIpc) is 2.16. The maximum Gasteiger partial charge on any atom is 0.335 e. The van der Waals surface area contributed by atoms with Crippen LogP contribution in [0.15, 0.2) is 18.2 Å². The molecule has 0 heterocycles. The van der Waals surface area contributed by atoms with E-state index >= 15 is 0 Å². The predicted octanol–water partition coefficient (Wildman–Crippen LogP) is -0.289. The van der Waals surface area contributed by atoms with Crippen LogP contribution in [0.1, 0.15) is 10.4 Å². The van der Waals surface area contributed by atoms with Gasteiger partial charge in [0.2, 0.25) is 10.0 Å². The van der Waals surface area contributed by atoms with Crippen molar-refractivity contribution in [3.8, 4) is 0 Å². The largest absolute Gasteiger partial charge is 0.478 e. The van der Waals surface area contributed by atoms with Gasteiger partial charge in [0.1, 0.15) is 0 Å². The van der Waals surface area contributed by atoms with Gasteiger partial charge in [-0.05, 0) is 18.2 Å². The summed E-state index contributed by atoms with van der Waals surface area (Å²) in [5.41, 5.74) is 5.19. The van der Waals surface area contributed by atoms with Crippen LogP contribution in [0.5, 0.6) is 0 Å². The first-order valence-corrected chi connectivity index (χ1v) is 8.52. The van der Waals surface area contributed by atoms with E-state index in [9.17, 15) is 21.6 Å². The van der Waals surface area contributed by atoms with Crippen molar-refractivity contribution in [3.05, 3.63) is 23.8 Å². The number of hydrogen-bond donors (Lipinski definition) is 3. The van der Waals surface area contributed by atoms with Crippen molar-refractivity contribution in [1.29, 1.82) is 0 Å². The number of hydrogen-bond acceptors (Lipinski definition) is 6. The standard InChI is InChI=1S/C9H12N2O6S2/c1-18(14,15)5-19(16,17)11-8-3-2-6(9(12)13)4-7(8)10/h2-4,11H,5,10H2,1H3,(H,12,13). The van der Waals surface area contributed by atoms with Gasteiger partial charge < -0.3 is 10.8 Å². The summed E-state index contributed by atoms with van der Waals surface area (Å²) >= 11 is 0. The van der Waals surface area contributed by atoms with Gasteiger partial charge in [0.25, 0.3) is 0 Å². The van der Waals surface area contributed by atoms with E-state index in [2.05, 4.69) is 0 Å². The van der Waals surface area contributed by atoms with E-state index in [-0.39, 0.29) is 16.9 Å². The molecule has 106 valence electrons. The highest BCUT2D eigenvalue weighted by Gasteiger charge is 2.19. The molecule has 10 heteroatoms. The summed E-state index contributed by atoms with van der Waals surface area (Å²) in [5, 5.41) is 7.63. The number of rotatable bonds is 5. The van der Waals surface area contributed by atoms with Gasteiger partial charge in [-0.3, -0.25) is 4.72 Å². The fourth-order valence-corrected chi connectivity index (χ4v) is 4.28. The summed E-state index contributed by atoms with van der Waals surface area (Å²) in [7, 11) is -7.84. The molecule has 0 aromatic heterocycles. The molecule has 19 heavy (non-hydrogen) atoms. The lowest BCUT2D eigenvalue weighted by Gasteiger charge is -2.10. The van der Waals surface area contributed by atoms with E-state index in [0.717, 1.165) is 24.5 Å². The normalized spacial score (nSPS) is 12.1. The Hall–Kier alpha value is -1.81. The number of sulfonamides is 1. The molecule has 0 unspecified atom stereocenters. The Labute approximate surface area is 110 Å². The number of benzene rings is 1. The van der Waals surface area contributed by atoms with E-state index in [1.54, 1.807) is 0 Å². The molecule has 8 nitrogen and oxygen atoms in total. The molecule has 0 aliphatic heterocycles. The Bertz CT molecular complexity index is 708. The minimum atomic E-state index is -4.11. The lowest BCUT2D eigenvalue weighted by Crippen LogP contribution is -2.22. The summed E-state index contributed by atoms with van der Waals surface area (Å²) in [5.74, 6) is -1.21. The molecule has 0 atom stereocenters. The van der Waals surface area contributed by atoms with Crippen molar-refractivity contribution in [3.63, 3.8) is 0 Å². The molecular formula is C9H12N2O6S2. The van der Waals surface area contributed by atoms with Gasteiger partial charge in [-0.2, -0.15) is 0 Å². The first-order chi connectivity index (χ1) is 8.50. The van der Waals surface area contributed by atoms with Crippen molar-refractivity contribution in [2.24, 2.45) is 0 Å². The predicted molar refractivity (Wildman–Crippen MR) is 70.1 cm³/mol. The van der Waals surface area contributed by atoms with Crippen molar-refractivity contribution in [2.45, 2.75) is 0 Å². The van der Waals surface area contributed by atoms with Crippen LogP contribution in [0, 0.1) is 0 Å². The molecule has 1 rings (SSSR count). The minimum Gasteiger partial charge on any atom is -0.478 e. The van der Waals surface area contributed by atoms with Crippen LogP contribution >= 0.6 is 0 Å². The van der Waals surface area contributed by atoms with Gasteiger partial charge in [-0.1, -0.05) is 0 Å². The van der Waals surface area contributed by atoms with Gasteiger partial charge in [-0.15, -0.1) is 0 Å². The average molecular weight is 308 g/mol. The number of nitrogens with one attached hydrogen (secondary N) is 1. The highest BCUT2D eigenvalue weighted by Crippen LogP contribution is 2.21. The van der Waals surface area contributed by atoms with Gasteiger partial charge in [0.15, 0.2) is 14.9 Å². The van der Waals surface area contributed by atoms with E-state index in [0.29, 0.717) is 0 Å². The van der Waals surface area contributed by atoms with Crippen LogP contribution in [0.2, 0.25) is 0 Å². The lowest BCUT2D eigenvalue weighted by molar-refractivity contribution is 0.0697. The molecule has 0 amide bonds. The van der Waals surface area contributed by atoms with E-state index in [1.165, 1.54) is 0 Å².